The van der Waals surface area contributed by atoms with Gasteiger partial charge in [0.2, 0.25) is 0 Å². The van der Waals surface area contributed by atoms with Crippen LogP contribution in [-0.4, -0.2) is 87.3 Å². The number of rotatable bonds is 16. The van der Waals surface area contributed by atoms with Crippen molar-refractivity contribution in [3.63, 3.8) is 0 Å². The van der Waals surface area contributed by atoms with Gasteiger partial charge in [-0.1, -0.05) is 26.7 Å². The summed E-state index contributed by atoms with van der Waals surface area (Å²) in [4.78, 5) is -1.16. The molecule has 1 aromatic carbocycles. The van der Waals surface area contributed by atoms with Crippen LogP contribution in [0.1, 0.15) is 93.9 Å². The maximum absolute atomic E-state index is 10.4. The van der Waals surface area contributed by atoms with E-state index in [1.165, 1.54) is 99.8 Å². The molecule has 0 bridgehead atoms. The largest absolute Gasteiger partial charge is 0.744 e. The second kappa shape index (κ2) is 19.9. The van der Waals surface area contributed by atoms with Crippen LogP contribution >= 0.6 is 0 Å². The molecule has 0 aliphatic heterocycles. The number of hydrogen-bond acceptors (Lipinski definition) is 6. The van der Waals surface area contributed by atoms with E-state index in [0.29, 0.717) is 0 Å². The molecule has 0 saturated carbocycles. The molecule has 0 heterocycles. The molecule has 8 nitrogen and oxygen atoms in total. The van der Waals surface area contributed by atoms with E-state index >= 15 is 0 Å². The van der Waals surface area contributed by atoms with E-state index in [1.54, 1.807) is 0 Å². The van der Waals surface area contributed by atoms with Crippen molar-refractivity contribution in [2.75, 3.05) is 52.4 Å². The number of quaternary nitrogens is 2. The van der Waals surface area contributed by atoms with Gasteiger partial charge < -0.3 is 18.1 Å². The van der Waals surface area contributed by atoms with Gasteiger partial charge in [0, 0.05) is 0 Å². The second-order valence-corrected chi connectivity index (χ2v) is 12.6. The molecule has 0 aromatic heterocycles. The van der Waals surface area contributed by atoms with Crippen LogP contribution in [0.3, 0.4) is 0 Å². The Balaban J connectivity index is 0. The molecule has 0 unspecified atom stereocenters. The van der Waals surface area contributed by atoms with Crippen LogP contribution in [-0.2, 0) is 20.2 Å². The van der Waals surface area contributed by atoms with Crippen LogP contribution in [0.2, 0.25) is 0 Å². The van der Waals surface area contributed by atoms with E-state index in [4.69, 9.17) is 0 Å². The lowest BCUT2D eigenvalue weighted by atomic mass is 10.2. The molecular formula is C28H56N2O6S2. The van der Waals surface area contributed by atoms with Crippen molar-refractivity contribution >= 4 is 20.2 Å². The van der Waals surface area contributed by atoms with Crippen LogP contribution < -0.4 is 0 Å². The van der Waals surface area contributed by atoms with Gasteiger partial charge in [0.15, 0.2) is 0 Å². The highest BCUT2D eigenvalue weighted by Gasteiger charge is 2.19. The van der Waals surface area contributed by atoms with E-state index < -0.39 is 30.0 Å². The van der Waals surface area contributed by atoms with Crippen molar-refractivity contribution in [2.45, 2.75) is 104 Å². The zero-order valence-corrected chi connectivity index (χ0v) is 27.0. The van der Waals surface area contributed by atoms with Crippen LogP contribution in [0.5, 0.6) is 0 Å². The van der Waals surface area contributed by atoms with Crippen LogP contribution in [0.4, 0.5) is 0 Å². The summed E-state index contributed by atoms with van der Waals surface area (Å²) in [6, 6.07) is 3.08. The summed E-state index contributed by atoms with van der Waals surface area (Å²) in [5.41, 5.74) is 0. The molecule has 0 radical (unpaired) electrons. The molecule has 0 saturated heterocycles. The zero-order valence-electron chi connectivity index (χ0n) is 25.4. The second-order valence-electron chi connectivity index (χ2n) is 9.82. The third kappa shape index (κ3) is 15.5. The van der Waals surface area contributed by atoms with Crippen LogP contribution in [0.25, 0.3) is 0 Å². The lowest BCUT2D eigenvalue weighted by Gasteiger charge is -2.35. The first-order valence-corrected chi connectivity index (χ1v) is 17.2. The molecule has 1 rings (SSSR count). The number of hydrogen-bond donors (Lipinski definition) is 0. The highest BCUT2D eigenvalue weighted by atomic mass is 32.2. The highest BCUT2D eigenvalue weighted by Crippen LogP contribution is 2.13. The molecule has 0 fully saturated rings. The van der Waals surface area contributed by atoms with Gasteiger partial charge in [-0.25, -0.2) is 16.8 Å². The summed E-state index contributed by atoms with van der Waals surface area (Å²) < 4.78 is 65.1. The van der Waals surface area contributed by atoms with Crippen molar-refractivity contribution in [1.29, 1.82) is 0 Å². The average molecular weight is 581 g/mol. The summed E-state index contributed by atoms with van der Waals surface area (Å²) in [5, 5.41) is 0. The van der Waals surface area contributed by atoms with Gasteiger partial charge in [-0.05, 0) is 91.5 Å². The third-order valence-corrected chi connectivity index (χ3v) is 9.60. The van der Waals surface area contributed by atoms with E-state index in [9.17, 15) is 25.9 Å². The van der Waals surface area contributed by atoms with E-state index in [2.05, 4.69) is 55.4 Å². The Kier molecular flexibility index (Phi) is 20.5. The maximum atomic E-state index is 10.4. The lowest BCUT2D eigenvalue weighted by molar-refractivity contribution is -0.923. The smallest absolute Gasteiger partial charge is 0.124 e. The normalized spacial score (nSPS) is 12.3. The van der Waals surface area contributed by atoms with E-state index in [0.717, 1.165) is 24.3 Å². The summed E-state index contributed by atoms with van der Waals surface area (Å²) in [6.45, 7) is 29.0. The minimum absolute atomic E-state index is 0.579. The molecule has 0 amide bonds. The van der Waals surface area contributed by atoms with E-state index in [1.807, 2.05) is 0 Å². The van der Waals surface area contributed by atoms with Crippen molar-refractivity contribution < 1.29 is 34.9 Å². The Bertz CT molecular complexity index is 831. The van der Waals surface area contributed by atoms with Crippen LogP contribution in [0.15, 0.2) is 34.1 Å². The Morgan fingerprint density at radius 3 is 0.895 bits per heavy atom. The monoisotopic (exact) mass is 580 g/mol. The van der Waals surface area contributed by atoms with Gasteiger partial charge in [0.05, 0.1) is 62.1 Å². The topological polar surface area (TPSA) is 114 Å². The Hall–Kier alpha value is -1.04. The van der Waals surface area contributed by atoms with E-state index in [-0.39, 0.29) is 0 Å². The molecular weight excluding hydrogens is 524 g/mol. The molecule has 0 aliphatic rings. The minimum Gasteiger partial charge on any atom is -0.744 e. The number of unbranched alkanes of at least 4 members (excludes halogenated alkanes) is 4. The Labute approximate surface area is 235 Å². The first-order chi connectivity index (χ1) is 17.7. The van der Waals surface area contributed by atoms with Gasteiger partial charge >= 0.3 is 0 Å². The lowest BCUT2D eigenvalue weighted by Crippen LogP contribution is -2.48. The fourth-order valence-corrected chi connectivity index (χ4v) is 5.40. The summed E-state index contributed by atoms with van der Waals surface area (Å²) in [7, 11) is -9.22. The molecule has 0 N–H and O–H groups in total. The maximum Gasteiger partial charge on any atom is 0.124 e. The molecule has 226 valence electrons. The SMILES string of the molecule is CCCCC[N+](CC)(CC)CC.CCCCC[N+](CC)(CC)CC.O=S(=O)([O-])c1ccc(S(=O)(=O)[O-])cc1. The average Bonchev–Trinajstić information content (AvgIpc) is 2.90. The summed E-state index contributed by atoms with van der Waals surface area (Å²) in [5.74, 6) is 0. The van der Waals surface area contributed by atoms with Gasteiger partial charge in [-0.3, -0.25) is 0 Å². The molecule has 0 atom stereocenters. The van der Waals surface area contributed by atoms with Crippen molar-refractivity contribution in [3.8, 4) is 0 Å². The summed E-state index contributed by atoms with van der Waals surface area (Å²) >= 11 is 0. The van der Waals surface area contributed by atoms with Gasteiger partial charge in [-0.2, -0.15) is 0 Å². The number of nitrogens with zero attached hydrogens (tertiary/aromatic N) is 2. The molecule has 0 aliphatic carbocycles. The number of benzene rings is 1. The van der Waals surface area contributed by atoms with Crippen molar-refractivity contribution in [1.82, 2.24) is 0 Å². The minimum atomic E-state index is -4.61. The summed E-state index contributed by atoms with van der Waals surface area (Å²) in [6.07, 6.45) is 8.31. The highest BCUT2D eigenvalue weighted by molar-refractivity contribution is 7.86. The molecule has 0 spiro atoms. The zero-order chi connectivity index (χ0) is 29.9. The first-order valence-electron chi connectivity index (χ1n) is 14.4. The Morgan fingerprint density at radius 1 is 0.500 bits per heavy atom. The third-order valence-electron chi connectivity index (χ3n) is 7.90. The fraction of sp³-hybridized carbons (Fsp3) is 0.786. The van der Waals surface area contributed by atoms with Crippen molar-refractivity contribution in [2.24, 2.45) is 0 Å². The Morgan fingerprint density at radius 2 is 0.737 bits per heavy atom. The van der Waals surface area contributed by atoms with Crippen molar-refractivity contribution in [3.05, 3.63) is 24.3 Å². The standard InChI is InChI=1S/2C11H26N.C6H6O6S2/c2*1-5-9-10-11-12(6-2,7-3)8-4;7-13(8,9)5-1-2-6(4-3-5)14(10,11)12/h2*5-11H2,1-4H3;1-4H,(H,7,8,9)(H,10,11,12)/q2*+1;/p-2. The van der Waals surface area contributed by atoms with Gasteiger partial charge in [-0.15, -0.1) is 0 Å². The molecule has 10 heteroatoms. The molecule has 38 heavy (non-hydrogen) atoms. The van der Waals surface area contributed by atoms with Crippen LogP contribution in [0, 0.1) is 0 Å². The quantitative estimate of drug-likeness (QED) is 0.143. The first kappa shape index (κ1) is 39.1. The van der Waals surface area contributed by atoms with Gasteiger partial charge in [0.25, 0.3) is 0 Å². The fourth-order valence-electron chi connectivity index (χ4n) is 4.46. The predicted molar refractivity (Wildman–Crippen MR) is 155 cm³/mol. The predicted octanol–water partition coefficient (Wildman–Crippen LogP) is 5.60. The molecule has 1 aromatic rings. The van der Waals surface area contributed by atoms with Gasteiger partial charge in [0.1, 0.15) is 20.2 Å².